The van der Waals surface area contributed by atoms with Gasteiger partial charge in [0.2, 0.25) is 0 Å². The minimum Gasteiger partial charge on any atom is -0.467 e. The van der Waals surface area contributed by atoms with Gasteiger partial charge in [-0.3, -0.25) is 4.79 Å². The van der Waals surface area contributed by atoms with Crippen molar-refractivity contribution < 1.29 is 14.3 Å². The summed E-state index contributed by atoms with van der Waals surface area (Å²) in [5.41, 5.74) is 1.19. The summed E-state index contributed by atoms with van der Waals surface area (Å²) in [6.07, 6.45) is 0. The Morgan fingerprint density at radius 1 is 1.30 bits per heavy atom. The Hall–Kier alpha value is -1.66. The van der Waals surface area contributed by atoms with Gasteiger partial charge in [0.05, 0.1) is 16.5 Å². The van der Waals surface area contributed by atoms with Crippen molar-refractivity contribution >= 4 is 39.1 Å². The number of hydrogen-bond acceptors (Lipinski definition) is 4. The summed E-state index contributed by atoms with van der Waals surface area (Å²) < 4.78 is 5.61. The Morgan fingerprint density at radius 2 is 2.00 bits per heavy atom. The normalized spacial score (nSPS) is 11.7. The zero-order chi connectivity index (χ0) is 14.5. The van der Waals surface area contributed by atoms with Crippen LogP contribution in [0.1, 0.15) is 22.0 Å². The number of methoxy groups -OCH3 is 1. The fourth-order valence-corrected chi connectivity index (χ4v) is 2.82. The summed E-state index contributed by atoms with van der Waals surface area (Å²) in [4.78, 5) is 24.0. The number of nitrogens with one attached hydrogen (secondary N) is 1. The zero-order valence-electron chi connectivity index (χ0n) is 10.6. The Balaban J connectivity index is 2.21. The van der Waals surface area contributed by atoms with Crippen LogP contribution in [0.25, 0.3) is 0 Å². The first kappa shape index (κ1) is 14.7. The minimum atomic E-state index is -0.813. The number of halogens is 1. The summed E-state index contributed by atoms with van der Waals surface area (Å²) in [5, 5.41) is 4.41. The lowest BCUT2D eigenvalue weighted by atomic mass is 10.1. The van der Waals surface area contributed by atoms with E-state index >= 15 is 0 Å². The quantitative estimate of drug-likeness (QED) is 0.859. The van der Waals surface area contributed by atoms with Gasteiger partial charge in [0.15, 0.2) is 6.04 Å². The molecular weight excluding hydrogens is 342 g/mol. The van der Waals surface area contributed by atoms with Crippen molar-refractivity contribution in [2.75, 3.05) is 7.11 Å². The highest BCUT2D eigenvalue weighted by Crippen LogP contribution is 2.22. The summed E-state index contributed by atoms with van der Waals surface area (Å²) in [6, 6.07) is 9.88. The predicted octanol–water partition coefficient (Wildman–Crippen LogP) is 3.15. The van der Waals surface area contributed by atoms with Crippen LogP contribution < -0.4 is 5.32 Å². The van der Waals surface area contributed by atoms with Gasteiger partial charge in [-0.2, -0.15) is 0 Å². The Bertz CT molecular complexity index is 612. The highest BCUT2D eigenvalue weighted by Gasteiger charge is 2.24. The van der Waals surface area contributed by atoms with Crippen LogP contribution in [0.4, 0.5) is 0 Å². The number of ether oxygens (including phenoxy) is 1. The molecule has 6 heteroatoms. The molecule has 0 aliphatic rings. The third kappa shape index (κ3) is 3.46. The first-order valence-electron chi connectivity index (χ1n) is 5.79. The van der Waals surface area contributed by atoms with Crippen molar-refractivity contribution in [3.8, 4) is 0 Å². The molecule has 0 fully saturated rings. The van der Waals surface area contributed by atoms with E-state index in [2.05, 4.69) is 21.2 Å². The van der Waals surface area contributed by atoms with Crippen LogP contribution in [0, 0.1) is 0 Å². The number of rotatable bonds is 4. The molecule has 0 bridgehead atoms. The molecule has 4 nitrogen and oxygen atoms in total. The van der Waals surface area contributed by atoms with E-state index in [1.54, 1.807) is 35.7 Å². The van der Waals surface area contributed by atoms with Crippen molar-refractivity contribution in [1.29, 1.82) is 0 Å². The van der Waals surface area contributed by atoms with Gasteiger partial charge in [-0.1, -0.05) is 30.3 Å². The molecule has 1 aromatic heterocycles. The van der Waals surface area contributed by atoms with E-state index in [-0.39, 0.29) is 5.91 Å². The van der Waals surface area contributed by atoms with Gasteiger partial charge in [0, 0.05) is 5.38 Å². The molecule has 20 heavy (non-hydrogen) atoms. The third-order valence-electron chi connectivity index (χ3n) is 2.67. The Labute approximate surface area is 128 Å². The lowest BCUT2D eigenvalue weighted by Crippen LogP contribution is -2.34. The van der Waals surface area contributed by atoms with Gasteiger partial charge in [-0.15, -0.1) is 11.3 Å². The number of amides is 1. The molecule has 104 valence electrons. The van der Waals surface area contributed by atoms with E-state index < -0.39 is 12.0 Å². The second-order valence-corrected chi connectivity index (χ2v) is 6.27. The van der Waals surface area contributed by atoms with E-state index in [4.69, 9.17) is 4.74 Å². The molecule has 1 aromatic carbocycles. The molecule has 0 saturated carbocycles. The maximum absolute atomic E-state index is 12.1. The van der Waals surface area contributed by atoms with Crippen LogP contribution in [0.5, 0.6) is 0 Å². The molecule has 0 saturated heterocycles. The van der Waals surface area contributed by atoms with Crippen molar-refractivity contribution in [1.82, 2.24) is 5.32 Å². The van der Waals surface area contributed by atoms with Gasteiger partial charge >= 0.3 is 5.97 Å². The number of carbonyl (C=O) groups is 2. The van der Waals surface area contributed by atoms with Gasteiger partial charge in [0.1, 0.15) is 0 Å². The first-order valence-corrected chi connectivity index (χ1v) is 7.46. The topological polar surface area (TPSA) is 55.4 Å². The minimum absolute atomic E-state index is 0.314. The summed E-state index contributed by atoms with van der Waals surface area (Å²) in [5.74, 6) is -0.815. The molecule has 1 unspecified atom stereocenters. The molecule has 1 heterocycles. The summed E-state index contributed by atoms with van der Waals surface area (Å²) >= 11 is 4.71. The Kier molecular flexibility index (Phi) is 4.92. The van der Waals surface area contributed by atoms with Gasteiger partial charge < -0.3 is 10.1 Å². The van der Waals surface area contributed by atoms with Crippen LogP contribution in [-0.4, -0.2) is 19.0 Å². The van der Waals surface area contributed by atoms with E-state index in [1.807, 2.05) is 6.07 Å². The monoisotopic (exact) mass is 353 g/mol. The summed E-state index contributed by atoms with van der Waals surface area (Å²) in [6.45, 7) is 0. The third-order valence-corrected chi connectivity index (χ3v) is 4.18. The van der Waals surface area contributed by atoms with Crippen molar-refractivity contribution in [3.05, 3.63) is 56.7 Å². The molecule has 1 amide bonds. The molecule has 0 aliphatic heterocycles. The van der Waals surface area contributed by atoms with Crippen LogP contribution in [0.15, 0.2) is 45.6 Å². The van der Waals surface area contributed by atoms with Crippen molar-refractivity contribution in [2.45, 2.75) is 6.04 Å². The van der Waals surface area contributed by atoms with E-state index in [0.717, 1.165) is 3.79 Å². The average molecular weight is 354 g/mol. The smallest absolute Gasteiger partial charge is 0.333 e. The lowest BCUT2D eigenvalue weighted by molar-refractivity contribution is -0.143. The number of thiophene rings is 1. The number of hydrogen-bond donors (Lipinski definition) is 1. The van der Waals surface area contributed by atoms with E-state index in [1.165, 1.54) is 18.4 Å². The van der Waals surface area contributed by atoms with E-state index in [9.17, 15) is 9.59 Å². The fraction of sp³-hybridized carbons (Fsp3) is 0.143. The Morgan fingerprint density at radius 3 is 2.55 bits per heavy atom. The van der Waals surface area contributed by atoms with E-state index in [0.29, 0.717) is 11.1 Å². The molecule has 1 atom stereocenters. The lowest BCUT2D eigenvalue weighted by Gasteiger charge is -2.16. The first-order chi connectivity index (χ1) is 9.61. The van der Waals surface area contributed by atoms with Crippen LogP contribution in [-0.2, 0) is 9.53 Å². The molecule has 0 aliphatic carbocycles. The summed E-state index contributed by atoms with van der Waals surface area (Å²) in [7, 11) is 1.30. The zero-order valence-corrected chi connectivity index (χ0v) is 13.0. The molecule has 2 rings (SSSR count). The molecule has 0 spiro atoms. The SMILES string of the molecule is COC(=O)C(NC(=O)c1csc(Br)c1)c1ccccc1. The van der Waals surface area contributed by atoms with Crippen LogP contribution in [0.3, 0.4) is 0 Å². The van der Waals surface area contributed by atoms with Gasteiger partial charge in [-0.05, 0) is 27.6 Å². The van der Waals surface area contributed by atoms with Crippen LogP contribution in [0.2, 0.25) is 0 Å². The second kappa shape index (κ2) is 6.67. The average Bonchev–Trinajstić information content (AvgIpc) is 2.91. The standard InChI is InChI=1S/C14H12BrNO3S/c1-19-14(18)12(9-5-3-2-4-6-9)16-13(17)10-7-11(15)20-8-10/h2-8,12H,1H3,(H,16,17). The fourth-order valence-electron chi connectivity index (χ4n) is 1.69. The highest BCUT2D eigenvalue weighted by atomic mass is 79.9. The molecular formula is C14H12BrNO3S. The van der Waals surface area contributed by atoms with Crippen molar-refractivity contribution in [3.63, 3.8) is 0 Å². The molecule has 1 N–H and O–H groups in total. The van der Waals surface area contributed by atoms with Crippen LogP contribution >= 0.6 is 27.3 Å². The number of carbonyl (C=O) groups excluding carboxylic acids is 2. The largest absolute Gasteiger partial charge is 0.467 e. The predicted molar refractivity (Wildman–Crippen MR) is 80.7 cm³/mol. The number of benzene rings is 1. The van der Waals surface area contributed by atoms with Gasteiger partial charge in [-0.25, -0.2) is 4.79 Å². The molecule has 2 aromatic rings. The molecule has 0 radical (unpaired) electrons. The maximum Gasteiger partial charge on any atom is 0.333 e. The van der Waals surface area contributed by atoms with Crippen molar-refractivity contribution in [2.24, 2.45) is 0 Å². The highest BCUT2D eigenvalue weighted by molar-refractivity contribution is 9.11. The number of esters is 1. The van der Waals surface area contributed by atoms with Gasteiger partial charge in [0.25, 0.3) is 5.91 Å². The maximum atomic E-state index is 12.1. The second-order valence-electron chi connectivity index (χ2n) is 3.98.